The third-order valence-corrected chi connectivity index (χ3v) is 7.67. The van der Waals surface area contributed by atoms with Crippen LogP contribution < -0.4 is 10.0 Å². The minimum Gasteiger partial charge on any atom is -0.356 e. The van der Waals surface area contributed by atoms with Crippen molar-refractivity contribution in [3.63, 3.8) is 0 Å². The lowest BCUT2D eigenvalue weighted by Gasteiger charge is -2.24. The monoisotopic (exact) mass is 458 g/mol. The van der Waals surface area contributed by atoms with Gasteiger partial charge in [0, 0.05) is 37.3 Å². The molecule has 12 heteroatoms. The number of benzene rings is 1. The first kappa shape index (κ1) is 21.7. The van der Waals surface area contributed by atoms with Crippen LogP contribution in [0.15, 0.2) is 41.4 Å². The minimum atomic E-state index is -3.64. The molecule has 158 valence electrons. The molecule has 0 radical (unpaired) electrons. The Morgan fingerprint density at radius 3 is 2.55 bits per heavy atom. The number of rotatable bonds is 7. The first-order valence-electron chi connectivity index (χ1n) is 8.77. The maximum Gasteiger partial charge on any atom is 0.268 e. The number of para-hydroxylation sites is 1. The van der Waals surface area contributed by atoms with E-state index in [0.717, 1.165) is 17.8 Å². The van der Waals surface area contributed by atoms with Gasteiger partial charge in [-0.3, -0.25) is 9.52 Å². The van der Waals surface area contributed by atoms with E-state index in [9.17, 15) is 21.6 Å². The number of hydrogen-bond acceptors (Lipinski definition) is 6. The molecule has 3 rings (SSSR count). The highest BCUT2D eigenvalue weighted by Gasteiger charge is 2.27. The first-order chi connectivity index (χ1) is 13.7. The van der Waals surface area contributed by atoms with Crippen LogP contribution in [0.3, 0.4) is 0 Å². The summed E-state index contributed by atoms with van der Waals surface area (Å²) in [7, 11) is -7.09. The molecule has 0 bridgehead atoms. The smallest absolute Gasteiger partial charge is 0.268 e. The lowest BCUT2D eigenvalue weighted by molar-refractivity contribution is 0.0946. The number of aromatic nitrogens is 1. The Bertz CT molecular complexity index is 1090. The highest BCUT2D eigenvalue weighted by atomic mass is 32.2. The van der Waals surface area contributed by atoms with Crippen molar-refractivity contribution < 1.29 is 21.6 Å². The Morgan fingerprint density at radius 2 is 1.86 bits per heavy atom. The number of anilines is 1. The zero-order valence-corrected chi connectivity index (χ0v) is 18.2. The largest absolute Gasteiger partial charge is 0.356 e. The molecule has 1 aromatic carbocycles. The maximum absolute atomic E-state index is 12.7. The van der Waals surface area contributed by atoms with Crippen molar-refractivity contribution in [1.29, 1.82) is 0 Å². The molecule has 29 heavy (non-hydrogen) atoms. The molecule has 2 heterocycles. The van der Waals surface area contributed by atoms with Crippen LogP contribution in [-0.4, -0.2) is 62.9 Å². The van der Waals surface area contributed by atoms with E-state index in [1.807, 2.05) is 0 Å². The normalized spacial score (nSPS) is 15.8. The molecule has 1 amide bonds. The van der Waals surface area contributed by atoms with Crippen LogP contribution in [0, 0.1) is 0 Å². The highest BCUT2D eigenvalue weighted by Crippen LogP contribution is 2.21. The van der Waals surface area contributed by atoms with E-state index in [2.05, 4.69) is 15.0 Å². The van der Waals surface area contributed by atoms with Crippen molar-refractivity contribution in [2.75, 3.05) is 35.6 Å². The van der Waals surface area contributed by atoms with Gasteiger partial charge in [0.25, 0.3) is 5.91 Å². The fourth-order valence-corrected chi connectivity index (χ4v) is 6.00. The number of thioether (sulfide) groups is 1. The van der Waals surface area contributed by atoms with Crippen LogP contribution >= 0.6 is 11.8 Å². The third kappa shape index (κ3) is 5.53. The molecule has 1 fully saturated rings. The number of hydrogen-bond donors (Lipinski definition) is 3. The van der Waals surface area contributed by atoms with Crippen LogP contribution in [0.25, 0.3) is 0 Å². The van der Waals surface area contributed by atoms with Gasteiger partial charge in [-0.05, 0) is 17.7 Å². The van der Waals surface area contributed by atoms with Crippen molar-refractivity contribution >= 4 is 43.4 Å². The molecule has 2 aromatic rings. The summed E-state index contributed by atoms with van der Waals surface area (Å²) in [6, 6.07) is 8.00. The number of sulfonamides is 2. The van der Waals surface area contributed by atoms with Gasteiger partial charge in [0.15, 0.2) is 0 Å². The van der Waals surface area contributed by atoms with E-state index in [4.69, 9.17) is 0 Å². The molecule has 1 aliphatic rings. The lowest BCUT2D eigenvalue weighted by Crippen LogP contribution is -2.37. The summed E-state index contributed by atoms with van der Waals surface area (Å²) >= 11 is 1.71. The maximum atomic E-state index is 12.7. The van der Waals surface area contributed by atoms with Crippen molar-refractivity contribution in [2.24, 2.45) is 0 Å². The second-order valence-electron chi connectivity index (χ2n) is 6.48. The first-order valence-corrected chi connectivity index (χ1v) is 13.3. The van der Waals surface area contributed by atoms with E-state index in [1.54, 1.807) is 36.0 Å². The van der Waals surface area contributed by atoms with Gasteiger partial charge in [-0.2, -0.15) is 16.1 Å². The van der Waals surface area contributed by atoms with Gasteiger partial charge in [-0.1, -0.05) is 18.2 Å². The molecular weight excluding hydrogens is 436 g/mol. The molecule has 1 aliphatic heterocycles. The van der Waals surface area contributed by atoms with Crippen LogP contribution in [0.1, 0.15) is 16.1 Å². The van der Waals surface area contributed by atoms with E-state index >= 15 is 0 Å². The average molecular weight is 459 g/mol. The Kier molecular flexibility index (Phi) is 6.56. The fourth-order valence-electron chi connectivity index (χ4n) is 2.84. The molecule has 0 spiro atoms. The van der Waals surface area contributed by atoms with Crippen LogP contribution in [0.2, 0.25) is 0 Å². The molecule has 1 aromatic heterocycles. The second kappa shape index (κ2) is 8.78. The van der Waals surface area contributed by atoms with E-state index in [-0.39, 0.29) is 17.1 Å². The van der Waals surface area contributed by atoms with Crippen molar-refractivity contribution in [3.8, 4) is 0 Å². The van der Waals surface area contributed by atoms with Gasteiger partial charge < -0.3 is 10.3 Å². The third-order valence-electron chi connectivity index (χ3n) is 4.26. The standard InChI is InChI=1S/C17H22N4O5S3/c1-28(23,24)20-15-5-3-2-4-13(15)11-19-17(22)16-10-14(12-18-16)29(25,26)21-6-8-27-9-7-21/h2-5,10,12,18,20H,6-9,11H2,1H3,(H,19,22). The number of aromatic amines is 1. The van der Waals surface area contributed by atoms with Gasteiger partial charge in [0.05, 0.1) is 11.9 Å². The molecule has 0 atom stereocenters. The zero-order chi connectivity index (χ0) is 21.1. The molecule has 0 unspecified atom stereocenters. The Balaban J connectivity index is 1.69. The molecular formula is C17H22N4O5S3. The second-order valence-corrected chi connectivity index (χ2v) is 11.4. The summed E-state index contributed by atoms with van der Waals surface area (Å²) in [5.74, 6) is 1.00. The van der Waals surface area contributed by atoms with Crippen LogP contribution in [-0.2, 0) is 26.6 Å². The summed E-state index contributed by atoms with van der Waals surface area (Å²) in [5.41, 5.74) is 1.06. The average Bonchev–Trinajstić information content (AvgIpc) is 3.18. The van der Waals surface area contributed by atoms with Gasteiger partial charge in [0.1, 0.15) is 10.6 Å². The van der Waals surface area contributed by atoms with E-state index < -0.39 is 26.0 Å². The zero-order valence-electron chi connectivity index (χ0n) is 15.7. The van der Waals surface area contributed by atoms with Crippen LogP contribution in [0.4, 0.5) is 5.69 Å². The van der Waals surface area contributed by atoms with Crippen molar-refractivity contribution in [1.82, 2.24) is 14.6 Å². The van der Waals surface area contributed by atoms with Gasteiger partial charge in [-0.25, -0.2) is 16.8 Å². The Hall–Kier alpha value is -2.02. The van der Waals surface area contributed by atoms with Gasteiger partial charge in [-0.15, -0.1) is 0 Å². The SMILES string of the molecule is CS(=O)(=O)Nc1ccccc1CNC(=O)c1cc(S(=O)(=O)N2CCSCC2)c[nH]1. The summed E-state index contributed by atoms with van der Waals surface area (Å²) in [6.45, 7) is 0.968. The highest BCUT2D eigenvalue weighted by molar-refractivity contribution is 7.99. The Labute approximate surface area is 174 Å². The van der Waals surface area contributed by atoms with E-state index in [0.29, 0.717) is 24.3 Å². The number of carbonyl (C=O) groups is 1. The number of H-pyrrole nitrogens is 1. The topological polar surface area (TPSA) is 128 Å². The predicted octanol–water partition coefficient (Wildman–Crippen LogP) is 1.05. The molecule has 3 N–H and O–H groups in total. The van der Waals surface area contributed by atoms with Crippen molar-refractivity contribution in [3.05, 3.63) is 47.8 Å². The van der Waals surface area contributed by atoms with Crippen LogP contribution in [0.5, 0.6) is 0 Å². The number of nitrogens with zero attached hydrogens (tertiary/aromatic N) is 1. The quantitative estimate of drug-likeness (QED) is 0.569. The summed E-state index contributed by atoms with van der Waals surface area (Å²) in [6.07, 6.45) is 2.36. The predicted molar refractivity (Wildman–Crippen MR) is 113 cm³/mol. The molecule has 1 saturated heterocycles. The lowest BCUT2D eigenvalue weighted by atomic mass is 10.2. The number of carbonyl (C=O) groups excluding carboxylic acids is 1. The van der Waals surface area contributed by atoms with Gasteiger partial charge >= 0.3 is 0 Å². The fraction of sp³-hybridized carbons (Fsp3) is 0.353. The van der Waals surface area contributed by atoms with Crippen molar-refractivity contribution in [2.45, 2.75) is 11.4 Å². The summed E-state index contributed by atoms with van der Waals surface area (Å²) < 4.78 is 52.1. The summed E-state index contributed by atoms with van der Waals surface area (Å²) in [5, 5.41) is 2.67. The molecule has 0 aliphatic carbocycles. The minimum absolute atomic E-state index is 0.0497. The van der Waals surface area contributed by atoms with E-state index in [1.165, 1.54) is 16.6 Å². The Morgan fingerprint density at radius 1 is 1.17 bits per heavy atom. The number of amides is 1. The molecule has 0 saturated carbocycles. The molecule has 9 nitrogen and oxygen atoms in total. The number of nitrogens with one attached hydrogen (secondary N) is 3. The summed E-state index contributed by atoms with van der Waals surface area (Å²) in [4.78, 5) is 15.2. The van der Waals surface area contributed by atoms with Gasteiger partial charge in [0.2, 0.25) is 20.0 Å².